The van der Waals surface area contributed by atoms with Gasteiger partial charge in [-0.2, -0.15) is 5.10 Å². The molecule has 8 nitrogen and oxygen atoms in total. The molecule has 0 radical (unpaired) electrons. The minimum atomic E-state index is -1.32. The summed E-state index contributed by atoms with van der Waals surface area (Å²) < 4.78 is 1.59. The molecule has 0 bridgehead atoms. The van der Waals surface area contributed by atoms with Crippen LogP contribution in [0.2, 0.25) is 0 Å². The Bertz CT molecular complexity index is 1060. The van der Waals surface area contributed by atoms with E-state index in [-0.39, 0.29) is 31.8 Å². The van der Waals surface area contributed by atoms with Gasteiger partial charge < -0.3 is 15.1 Å². The predicted octanol–water partition coefficient (Wildman–Crippen LogP) is 1.56. The van der Waals surface area contributed by atoms with E-state index in [9.17, 15) is 19.8 Å². The molecular formula is C21H22N4O4. The summed E-state index contributed by atoms with van der Waals surface area (Å²) in [7, 11) is 0. The largest absolute Gasteiger partial charge is 0.481 e. The molecule has 1 aliphatic rings. The number of carboxylic acid groups (broad SMARTS) is 1. The van der Waals surface area contributed by atoms with Crippen LogP contribution in [0.4, 0.5) is 0 Å². The molecule has 1 amide bonds. The third kappa shape index (κ3) is 3.25. The number of rotatable bonds is 4. The van der Waals surface area contributed by atoms with Gasteiger partial charge in [0.2, 0.25) is 0 Å². The number of likely N-dealkylation sites (tertiary alicyclic amines) is 1. The number of hydrogen-bond acceptors (Lipinski definition) is 5. The highest BCUT2D eigenvalue weighted by Gasteiger charge is 2.49. The number of aliphatic hydroxyl groups excluding tert-OH is 1. The Hall–Kier alpha value is -3.26. The lowest BCUT2D eigenvalue weighted by atomic mass is 9.71. The molecule has 1 fully saturated rings. The van der Waals surface area contributed by atoms with Crippen LogP contribution in [0.15, 0.2) is 48.8 Å². The van der Waals surface area contributed by atoms with Crippen molar-refractivity contribution >= 4 is 17.5 Å². The Balaban J connectivity index is 1.57. The average Bonchev–Trinajstić information content (AvgIpc) is 3.20. The molecule has 3 aromatic rings. The summed E-state index contributed by atoms with van der Waals surface area (Å²) in [5, 5.41) is 24.9. The zero-order valence-corrected chi connectivity index (χ0v) is 16.0. The molecule has 1 saturated heterocycles. The Morgan fingerprint density at radius 3 is 2.69 bits per heavy atom. The first kappa shape index (κ1) is 19.1. The van der Waals surface area contributed by atoms with Gasteiger partial charge in [0.05, 0.1) is 23.6 Å². The van der Waals surface area contributed by atoms with E-state index in [1.807, 2.05) is 30.3 Å². The lowest BCUT2D eigenvalue weighted by Crippen LogP contribution is -2.57. The third-order valence-electron chi connectivity index (χ3n) is 5.82. The van der Waals surface area contributed by atoms with Crippen molar-refractivity contribution in [1.82, 2.24) is 19.5 Å². The Labute approximate surface area is 167 Å². The van der Waals surface area contributed by atoms with Crippen molar-refractivity contribution in [1.29, 1.82) is 0 Å². The summed E-state index contributed by atoms with van der Waals surface area (Å²) in [6, 6.07) is 11.0. The molecule has 0 spiro atoms. The van der Waals surface area contributed by atoms with E-state index in [4.69, 9.17) is 0 Å². The van der Waals surface area contributed by atoms with Crippen molar-refractivity contribution in [2.24, 2.45) is 5.41 Å². The number of carbonyl (C=O) groups excluding carboxylic acids is 1. The van der Waals surface area contributed by atoms with Crippen LogP contribution in [0.3, 0.4) is 0 Å². The van der Waals surface area contributed by atoms with Crippen LogP contribution in [0, 0.1) is 12.3 Å². The van der Waals surface area contributed by atoms with E-state index in [1.165, 1.54) is 11.1 Å². The fourth-order valence-corrected chi connectivity index (χ4v) is 4.02. The highest BCUT2D eigenvalue weighted by Crippen LogP contribution is 2.36. The number of piperidine rings is 1. The maximum absolute atomic E-state index is 13.1. The van der Waals surface area contributed by atoms with Crippen LogP contribution < -0.4 is 0 Å². The fraction of sp³-hybridized carbons (Fsp3) is 0.333. The van der Waals surface area contributed by atoms with Crippen molar-refractivity contribution in [3.63, 3.8) is 0 Å². The quantitative estimate of drug-likeness (QED) is 0.695. The first-order chi connectivity index (χ1) is 13.9. The number of amides is 1. The summed E-state index contributed by atoms with van der Waals surface area (Å²) in [4.78, 5) is 30.9. The van der Waals surface area contributed by atoms with E-state index >= 15 is 0 Å². The highest BCUT2D eigenvalue weighted by atomic mass is 16.4. The Morgan fingerprint density at radius 1 is 1.24 bits per heavy atom. The molecule has 150 valence electrons. The van der Waals surface area contributed by atoms with Crippen LogP contribution in [0.1, 0.15) is 28.0 Å². The number of carbonyl (C=O) groups is 2. The van der Waals surface area contributed by atoms with Crippen LogP contribution in [0.5, 0.6) is 0 Å². The monoisotopic (exact) mass is 394 g/mol. The number of aromatic nitrogens is 3. The van der Waals surface area contributed by atoms with Crippen molar-refractivity contribution < 1.29 is 19.8 Å². The van der Waals surface area contributed by atoms with Gasteiger partial charge in [0.25, 0.3) is 5.91 Å². The zero-order chi connectivity index (χ0) is 20.6. The first-order valence-corrected chi connectivity index (χ1v) is 9.46. The average molecular weight is 394 g/mol. The lowest BCUT2D eigenvalue weighted by molar-refractivity contribution is -0.161. The molecular weight excluding hydrogens is 372 g/mol. The van der Waals surface area contributed by atoms with Crippen LogP contribution >= 0.6 is 0 Å². The van der Waals surface area contributed by atoms with E-state index in [2.05, 4.69) is 10.1 Å². The molecule has 1 aliphatic heterocycles. The fourth-order valence-electron chi connectivity index (χ4n) is 4.02. The maximum Gasteiger partial charge on any atom is 0.312 e. The van der Waals surface area contributed by atoms with Gasteiger partial charge >= 0.3 is 5.97 Å². The second-order valence-corrected chi connectivity index (χ2v) is 7.50. The van der Waals surface area contributed by atoms with Gasteiger partial charge in [-0.25, -0.2) is 9.50 Å². The van der Waals surface area contributed by atoms with E-state index in [1.54, 1.807) is 23.7 Å². The van der Waals surface area contributed by atoms with Crippen molar-refractivity contribution in [2.75, 3.05) is 13.1 Å². The molecule has 3 heterocycles. The van der Waals surface area contributed by atoms with Crippen LogP contribution in [-0.2, 0) is 11.2 Å². The van der Waals surface area contributed by atoms with Gasteiger partial charge in [0.15, 0.2) is 5.65 Å². The standard InChI is InChI=1S/C21H22N4O4/c1-14-16(12-22-18-7-9-23-25(14)18)19(27)24-10-8-21(20(28)29,17(26)13-24)11-15-5-3-2-4-6-15/h2-7,9,12,17,26H,8,10-11,13H2,1H3,(H,28,29)/t17-,21-/m1/s1. The smallest absolute Gasteiger partial charge is 0.312 e. The number of β-amino-alcohol motifs (C(OH)–C–C–N with tert-alkyl or cyclic N) is 1. The van der Waals surface area contributed by atoms with Gasteiger partial charge in [-0.3, -0.25) is 9.59 Å². The van der Waals surface area contributed by atoms with Crippen LogP contribution in [0.25, 0.3) is 5.65 Å². The summed E-state index contributed by atoms with van der Waals surface area (Å²) in [5.41, 5.74) is 1.21. The van der Waals surface area contributed by atoms with Crippen LogP contribution in [-0.4, -0.2) is 60.8 Å². The molecule has 8 heteroatoms. The Kier molecular flexibility index (Phi) is 4.79. The summed E-state index contributed by atoms with van der Waals surface area (Å²) in [6.07, 6.45) is 2.32. The second kappa shape index (κ2) is 7.29. The molecule has 1 aromatic carbocycles. The topological polar surface area (TPSA) is 108 Å². The predicted molar refractivity (Wildman–Crippen MR) is 104 cm³/mol. The minimum Gasteiger partial charge on any atom is -0.481 e. The Morgan fingerprint density at radius 2 is 2.00 bits per heavy atom. The molecule has 2 N–H and O–H groups in total. The van der Waals surface area contributed by atoms with Gasteiger partial charge in [-0.15, -0.1) is 0 Å². The molecule has 0 unspecified atom stereocenters. The normalized spacial score (nSPS) is 22.0. The molecule has 0 saturated carbocycles. The highest BCUT2D eigenvalue weighted by molar-refractivity contribution is 5.95. The van der Waals surface area contributed by atoms with E-state index in [0.717, 1.165) is 5.56 Å². The van der Waals surface area contributed by atoms with E-state index < -0.39 is 17.5 Å². The number of hydrogen-bond donors (Lipinski definition) is 2. The molecule has 29 heavy (non-hydrogen) atoms. The van der Waals surface area contributed by atoms with Gasteiger partial charge in [-0.1, -0.05) is 30.3 Å². The van der Waals surface area contributed by atoms with Gasteiger partial charge in [0.1, 0.15) is 5.41 Å². The number of carboxylic acids is 1. The summed E-state index contributed by atoms with van der Waals surface area (Å²) in [5.74, 6) is -1.33. The number of benzene rings is 1. The number of aryl methyl sites for hydroxylation is 1. The number of aliphatic carboxylic acids is 1. The number of aliphatic hydroxyl groups is 1. The number of nitrogens with zero attached hydrogens (tertiary/aromatic N) is 4. The third-order valence-corrected chi connectivity index (χ3v) is 5.82. The summed E-state index contributed by atoms with van der Waals surface area (Å²) >= 11 is 0. The van der Waals surface area contributed by atoms with Crippen molar-refractivity contribution in [3.8, 4) is 0 Å². The summed E-state index contributed by atoms with van der Waals surface area (Å²) in [6.45, 7) is 1.98. The molecule has 0 aliphatic carbocycles. The molecule has 4 rings (SSSR count). The van der Waals surface area contributed by atoms with Crippen molar-refractivity contribution in [2.45, 2.75) is 25.9 Å². The number of fused-ring (bicyclic) bond motifs is 1. The minimum absolute atomic E-state index is 0.0471. The lowest BCUT2D eigenvalue weighted by Gasteiger charge is -2.43. The van der Waals surface area contributed by atoms with E-state index in [0.29, 0.717) is 16.9 Å². The maximum atomic E-state index is 13.1. The van der Waals surface area contributed by atoms with Gasteiger partial charge in [0, 0.05) is 25.4 Å². The zero-order valence-electron chi connectivity index (χ0n) is 16.0. The van der Waals surface area contributed by atoms with Crippen molar-refractivity contribution in [3.05, 3.63) is 65.6 Å². The first-order valence-electron chi connectivity index (χ1n) is 9.46. The van der Waals surface area contributed by atoms with Gasteiger partial charge in [-0.05, 0) is 25.3 Å². The second-order valence-electron chi connectivity index (χ2n) is 7.50. The SMILES string of the molecule is Cc1c(C(=O)N2CC[C@](Cc3ccccc3)(C(=O)O)[C@H](O)C2)cnc2ccnn12. The molecule has 2 atom stereocenters. The molecule has 2 aromatic heterocycles.